The van der Waals surface area contributed by atoms with E-state index in [1.165, 1.54) is 18.4 Å². The third-order valence-electron chi connectivity index (χ3n) is 4.54. The topological polar surface area (TPSA) is 53.9 Å². The first-order valence-electron chi connectivity index (χ1n) is 9.09. The molecule has 1 saturated carbocycles. The van der Waals surface area contributed by atoms with Crippen LogP contribution in [0.5, 0.6) is 0 Å². The van der Waals surface area contributed by atoms with Crippen LogP contribution in [0, 0.1) is 0 Å². The fourth-order valence-electron chi connectivity index (χ4n) is 2.82. The largest absolute Gasteiger partial charge is 0.367 e. The summed E-state index contributed by atoms with van der Waals surface area (Å²) < 4.78 is 0. The van der Waals surface area contributed by atoms with E-state index in [0.717, 1.165) is 36.0 Å². The first-order chi connectivity index (χ1) is 12.8. The molecular formula is C21H23N5. The van der Waals surface area contributed by atoms with E-state index < -0.39 is 0 Å². The van der Waals surface area contributed by atoms with Crippen molar-refractivity contribution >= 4 is 11.8 Å². The molecule has 0 atom stereocenters. The molecule has 0 spiro atoms. The van der Waals surface area contributed by atoms with Gasteiger partial charge in [-0.2, -0.15) is 4.98 Å². The Hall–Kier alpha value is -2.95. The fraction of sp³-hybridized carbons (Fsp3) is 0.286. The molecule has 0 unspecified atom stereocenters. The number of rotatable bonds is 7. The van der Waals surface area contributed by atoms with Gasteiger partial charge in [-0.25, -0.2) is 4.98 Å². The first kappa shape index (κ1) is 16.5. The average Bonchev–Trinajstić information content (AvgIpc) is 3.51. The van der Waals surface area contributed by atoms with Gasteiger partial charge in [-0.3, -0.25) is 4.98 Å². The van der Waals surface area contributed by atoms with Crippen LogP contribution in [0.25, 0.3) is 11.3 Å². The Morgan fingerprint density at radius 1 is 1.04 bits per heavy atom. The second kappa shape index (κ2) is 7.52. The third kappa shape index (κ3) is 4.17. The maximum Gasteiger partial charge on any atom is 0.227 e. The third-order valence-corrected chi connectivity index (χ3v) is 4.54. The Kier molecular flexibility index (Phi) is 4.78. The quantitative estimate of drug-likeness (QED) is 0.706. The highest BCUT2D eigenvalue weighted by atomic mass is 15.2. The van der Waals surface area contributed by atoms with E-state index in [9.17, 15) is 0 Å². The Morgan fingerprint density at radius 3 is 2.54 bits per heavy atom. The highest BCUT2D eigenvalue weighted by molar-refractivity contribution is 5.64. The van der Waals surface area contributed by atoms with Crippen molar-refractivity contribution in [1.29, 1.82) is 0 Å². The molecular weight excluding hydrogens is 322 g/mol. The minimum absolute atomic E-state index is 0.559. The fourth-order valence-corrected chi connectivity index (χ4v) is 2.82. The molecule has 3 aromatic rings. The van der Waals surface area contributed by atoms with Crippen molar-refractivity contribution in [3.05, 3.63) is 66.5 Å². The molecule has 132 valence electrons. The molecule has 2 heterocycles. The van der Waals surface area contributed by atoms with Crippen LogP contribution >= 0.6 is 0 Å². The zero-order valence-corrected chi connectivity index (χ0v) is 15.0. The average molecular weight is 345 g/mol. The normalized spacial score (nSPS) is 13.4. The lowest BCUT2D eigenvalue weighted by atomic mass is 10.1. The summed E-state index contributed by atoms with van der Waals surface area (Å²) in [5, 5.41) is 3.51. The van der Waals surface area contributed by atoms with Gasteiger partial charge in [-0.1, -0.05) is 30.3 Å². The molecule has 5 heteroatoms. The lowest BCUT2D eigenvalue weighted by molar-refractivity contribution is 0.837. The second-order valence-electron chi connectivity index (χ2n) is 6.75. The van der Waals surface area contributed by atoms with E-state index in [0.29, 0.717) is 6.04 Å². The van der Waals surface area contributed by atoms with Crippen molar-refractivity contribution < 1.29 is 0 Å². The summed E-state index contributed by atoms with van der Waals surface area (Å²) in [6.07, 6.45) is 7.04. The molecule has 26 heavy (non-hydrogen) atoms. The van der Waals surface area contributed by atoms with Gasteiger partial charge >= 0.3 is 0 Å². The Bertz CT molecular complexity index is 847. The van der Waals surface area contributed by atoms with Crippen LogP contribution in [0.4, 0.5) is 11.8 Å². The van der Waals surface area contributed by atoms with Gasteiger partial charge < -0.3 is 10.2 Å². The number of aromatic nitrogens is 3. The van der Waals surface area contributed by atoms with E-state index in [2.05, 4.69) is 39.5 Å². The minimum Gasteiger partial charge on any atom is -0.367 e. The van der Waals surface area contributed by atoms with Gasteiger partial charge in [0.15, 0.2) is 0 Å². The number of hydrogen-bond donors (Lipinski definition) is 1. The van der Waals surface area contributed by atoms with Gasteiger partial charge in [0.05, 0.1) is 5.69 Å². The molecule has 2 aromatic heterocycles. The molecule has 1 aliphatic rings. The predicted octanol–water partition coefficient (Wildman–Crippen LogP) is 3.79. The minimum atomic E-state index is 0.559. The summed E-state index contributed by atoms with van der Waals surface area (Å²) in [7, 11) is 2.05. The standard InChI is InChI=1S/C21H23N5/c1-26(14-11-16-9-12-22-13-10-16)21-24-19(17-5-3-2-4-6-17)15-20(25-21)23-18-7-8-18/h2-6,9-10,12-13,15,18H,7-8,11,14H2,1H3,(H,23,24,25). The van der Waals surface area contributed by atoms with Crippen molar-refractivity contribution in [3.8, 4) is 11.3 Å². The maximum atomic E-state index is 4.81. The Morgan fingerprint density at radius 2 is 1.81 bits per heavy atom. The number of benzene rings is 1. The summed E-state index contributed by atoms with van der Waals surface area (Å²) in [5.74, 6) is 1.66. The molecule has 1 fully saturated rings. The summed E-state index contributed by atoms with van der Waals surface area (Å²) in [6.45, 7) is 0.852. The van der Waals surface area contributed by atoms with Crippen LogP contribution < -0.4 is 10.2 Å². The van der Waals surface area contributed by atoms with Crippen LogP contribution in [0.3, 0.4) is 0 Å². The van der Waals surface area contributed by atoms with Crippen molar-refractivity contribution in [2.75, 3.05) is 23.8 Å². The van der Waals surface area contributed by atoms with E-state index in [1.807, 2.05) is 43.7 Å². The van der Waals surface area contributed by atoms with Gasteiger partial charge in [0, 0.05) is 43.7 Å². The molecule has 0 aliphatic heterocycles. The van der Waals surface area contributed by atoms with Crippen molar-refractivity contribution in [1.82, 2.24) is 15.0 Å². The van der Waals surface area contributed by atoms with Crippen LogP contribution in [0.1, 0.15) is 18.4 Å². The maximum absolute atomic E-state index is 4.81. The van der Waals surface area contributed by atoms with Crippen LogP contribution in [0.2, 0.25) is 0 Å². The second-order valence-corrected chi connectivity index (χ2v) is 6.75. The lowest BCUT2D eigenvalue weighted by Crippen LogP contribution is -2.23. The summed E-state index contributed by atoms with van der Waals surface area (Å²) in [6, 6.07) is 17.0. The monoisotopic (exact) mass is 345 g/mol. The first-order valence-corrected chi connectivity index (χ1v) is 9.09. The van der Waals surface area contributed by atoms with E-state index in [4.69, 9.17) is 9.97 Å². The van der Waals surface area contributed by atoms with Crippen molar-refractivity contribution in [3.63, 3.8) is 0 Å². The van der Waals surface area contributed by atoms with Gasteiger partial charge in [0.1, 0.15) is 5.82 Å². The van der Waals surface area contributed by atoms with Crippen LogP contribution in [-0.2, 0) is 6.42 Å². The van der Waals surface area contributed by atoms with Crippen LogP contribution in [-0.4, -0.2) is 34.6 Å². The highest BCUT2D eigenvalue weighted by Gasteiger charge is 2.22. The molecule has 1 aliphatic carbocycles. The Balaban J connectivity index is 1.57. The molecule has 0 amide bonds. The van der Waals surface area contributed by atoms with E-state index in [1.54, 1.807) is 0 Å². The van der Waals surface area contributed by atoms with Crippen molar-refractivity contribution in [2.45, 2.75) is 25.3 Å². The zero-order chi connectivity index (χ0) is 17.8. The molecule has 1 N–H and O–H groups in total. The molecule has 0 radical (unpaired) electrons. The summed E-state index contributed by atoms with van der Waals surface area (Å²) in [4.78, 5) is 15.7. The van der Waals surface area contributed by atoms with E-state index >= 15 is 0 Å². The van der Waals surface area contributed by atoms with E-state index in [-0.39, 0.29) is 0 Å². The zero-order valence-electron chi connectivity index (χ0n) is 15.0. The number of nitrogens with one attached hydrogen (secondary N) is 1. The number of pyridine rings is 1. The predicted molar refractivity (Wildman–Crippen MR) is 105 cm³/mol. The Labute approximate surface area is 154 Å². The van der Waals surface area contributed by atoms with Gasteiger partial charge in [-0.15, -0.1) is 0 Å². The SMILES string of the molecule is CN(CCc1ccncc1)c1nc(NC2CC2)cc(-c2ccccc2)n1. The molecule has 0 bridgehead atoms. The van der Waals surface area contributed by atoms with Crippen LogP contribution in [0.15, 0.2) is 60.9 Å². The van der Waals surface area contributed by atoms with Crippen molar-refractivity contribution in [2.24, 2.45) is 0 Å². The summed E-state index contributed by atoms with van der Waals surface area (Å²) >= 11 is 0. The van der Waals surface area contributed by atoms with Gasteiger partial charge in [0.25, 0.3) is 0 Å². The lowest BCUT2D eigenvalue weighted by Gasteiger charge is -2.19. The molecule has 0 saturated heterocycles. The smallest absolute Gasteiger partial charge is 0.227 e. The molecule has 1 aromatic carbocycles. The molecule has 4 rings (SSSR count). The number of nitrogens with zero attached hydrogens (tertiary/aromatic N) is 4. The van der Waals surface area contributed by atoms with Gasteiger partial charge in [0.2, 0.25) is 5.95 Å². The number of anilines is 2. The van der Waals surface area contributed by atoms with Gasteiger partial charge in [-0.05, 0) is 37.0 Å². The number of likely N-dealkylation sites (N-methyl/N-ethyl adjacent to an activating group) is 1. The highest BCUT2D eigenvalue weighted by Crippen LogP contribution is 2.27. The summed E-state index contributed by atoms with van der Waals surface area (Å²) in [5.41, 5.74) is 3.33. The molecule has 5 nitrogen and oxygen atoms in total. The number of hydrogen-bond acceptors (Lipinski definition) is 5.